The van der Waals surface area contributed by atoms with Gasteiger partial charge in [0, 0.05) is 5.56 Å². The number of aryl methyl sites for hydroxylation is 1. The summed E-state index contributed by atoms with van der Waals surface area (Å²) in [6.45, 7) is 4.68. The highest BCUT2D eigenvalue weighted by Crippen LogP contribution is 2.38. The first kappa shape index (κ1) is 12.9. The number of fused-ring (bicyclic) bond motifs is 1. The molecule has 0 saturated carbocycles. The normalized spacial score (nSPS) is 28.3. The molecule has 3 heteroatoms. The van der Waals surface area contributed by atoms with Gasteiger partial charge in [-0.25, -0.2) is 0 Å². The number of para-hydroxylation sites is 1. The Morgan fingerprint density at radius 1 is 1.16 bits per heavy atom. The molecule has 1 saturated heterocycles. The Labute approximate surface area is 115 Å². The monoisotopic (exact) mass is 261 g/mol. The summed E-state index contributed by atoms with van der Waals surface area (Å²) < 4.78 is 5.74. The van der Waals surface area contributed by atoms with Crippen LogP contribution >= 0.6 is 0 Å². The molecule has 0 aromatic heterocycles. The summed E-state index contributed by atoms with van der Waals surface area (Å²) >= 11 is 0. The summed E-state index contributed by atoms with van der Waals surface area (Å²) in [7, 11) is 0. The molecule has 1 N–H and O–H groups in total. The van der Waals surface area contributed by atoms with Gasteiger partial charge in [0.1, 0.15) is 18.5 Å². The lowest BCUT2D eigenvalue weighted by Crippen LogP contribution is -2.42. The maximum Gasteiger partial charge on any atom is 0.127 e. The standard InChI is InChI=1S/C16H23NO2/c1-12-7-6-8-13-15(14(18)11-19-16(12)13)17-9-4-2-3-5-10-17/h6-8,14-15,18H,2-5,9-11H2,1H3. The molecule has 0 aliphatic carbocycles. The van der Waals surface area contributed by atoms with E-state index in [-0.39, 0.29) is 6.04 Å². The quantitative estimate of drug-likeness (QED) is 0.843. The van der Waals surface area contributed by atoms with E-state index in [0.29, 0.717) is 6.61 Å². The highest BCUT2D eigenvalue weighted by Gasteiger charge is 2.34. The Kier molecular flexibility index (Phi) is 3.76. The van der Waals surface area contributed by atoms with Gasteiger partial charge in [0.05, 0.1) is 6.04 Å². The van der Waals surface area contributed by atoms with E-state index in [1.54, 1.807) is 0 Å². The minimum absolute atomic E-state index is 0.113. The third-order valence-electron chi connectivity index (χ3n) is 4.36. The lowest BCUT2D eigenvalue weighted by Gasteiger charge is -2.38. The second-order valence-electron chi connectivity index (χ2n) is 5.77. The van der Waals surface area contributed by atoms with Crippen LogP contribution in [0.15, 0.2) is 18.2 Å². The van der Waals surface area contributed by atoms with Gasteiger partial charge in [0.25, 0.3) is 0 Å². The zero-order chi connectivity index (χ0) is 13.2. The van der Waals surface area contributed by atoms with E-state index < -0.39 is 6.10 Å². The van der Waals surface area contributed by atoms with Gasteiger partial charge in [0.15, 0.2) is 0 Å². The fourth-order valence-corrected chi connectivity index (χ4v) is 3.39. The average Bonchev–Trinajstić information content (AvgIpc) is 2.67. The predicted octanol–water partition coefficient (Wildman–Crippen LogP) is 2.67. The second kappa shape index (κ2) is 5.51. The number of nitrogens with zero attached hydrogens (tertiary/aromatic N) is 1. The number of ether oxygens (including phenoxy) is 1. The van der Waals surface area contributed by atoms with Crippen molar-refractivity contribution in [1.29, 1.82) is 0 Å². The molecule has 2 heterocycles. The minimum Gasteiger partial charge on any atom is -0.490 e. The maximum atomic E-state index is 10.4. The Morgan fingerprint density at radius 3 is 2.63 bits per heavy atom. The van der Waals surface area contributed by atoms with Crippen LogP contribution in [0.5, 0.6) is 5.75 Å². The molecular weight excluding hydrogens is 238 g/mol. The van der Waals surface area contributed by atoms with Crippen LogP contribution in [0.1, 0.15) is 42.9 Å². The van der Waals surface area contributed by atoms with Crippen molar-refractivity contribution in [2.24, 2.45) is 0 Å². The van der Waals surface area contributed by atoms with Gasteiger partial charge in [-0.1, -0.05) is 31.0 Å². The average molecular weight is 261 g/mol. The number of aliphatic hydroxyl groups is 1. The lowest BCUT2D eigenvalue weighted by molar-refractivity contribution is 0.000808. The molecule has 0 bridgehead atoms. The van der Waals surface area contributed by atoms with Crippen LogP contribution in [-0.2, 0) is 0 Å². The first-order chi connectivity index (χ1) is 9.27. The van der Waals surface area contributed by atoms with Gasteiger partial charge in [-0.15, -0.1) is 0 Å². The molecule has 0 spiro atoms. The number of likely N-dealkylation sites (tertiary alicyclic amines) is 1. The number of hydrogen-bond donors (Lipinski definition) is 1. The van der Waals surface area contributed by atoms with E-state index in [2.05, 4.69) is 30.0 Å². The number of benzene rings is 1. The summed E-state index contributed by atoms with van der Waals surface area (Å²) in [6.07, 6.45) is 4.70. The Hall–Kier alpha value is -1.06. The zero-order valence-corrected chi connectivity index (χ0v) is 11.6. The lowest BCUT2D eigenvalue weighted by atomic mass is 9.94. The van der Waals surface area contributed by atoms with Crippen molar-refractivity contribution in [3.63, 3.8) is 0 Å². The molecule has 2 aliphatic rings. The smallest absolute Gasteiger partial charge is 0.127 e. The topological polar surface area (TPSA) is 32.7 Å². The SMILES string of the molecule is Cc1cccc2c1OCC(O)C2N1CCCCCC1. The molecule has 2 aliphatic heterocycles. The van der Waals surface area contributed by atoms with Crippen molar-refractivity contribution in [1.82, 2.24) is 4.90 Å². The molecule has 19 heavy (non-hydrogen) atoms. The van der Waals surface area contributed by atoms with Crippen molar-refractivity contribution < 1.29 is 9.84 Å². The Morgan fingerprint density at radius 2 is 1.89 bits per heavy atom. The number of hydrogen-bond acceptors (Lipinski definition) is 3. The molecular formula is C16H23NO2. The van der Waals surface area contributed by atoms with Crippen molar-refractivity contribution >= 4 is 0 Å². The molecule has 104 valence electrons. The summed E-state index contributed by atoms with van der Waals surface area (Å²) in [5.74, 6) is 0.988. The highest BCUT2D eigenvalue weighted by atomic mass is 16.5. The van der Waals surface area contributed by atoms with E-state index >= 15 is 0 Å². The van der Waals surface area contributed by atoms with Gasteiger partial charge < -0.3 is 9.84 Å². The van der Waals surface area contributed by atoms with E-state index in [1.165, 1.54) is 36.8 Å². The van der Waals surface area contributed by atoms with Gasteiger partial charge in [-0.2, -0.15) is 0 Å². The largest absolute Gasteiger partial charge is 0.490 e. The van der Waals surface area contributed by atoms with E-state index in [4.69, 9.17) is 4.74 Å². The first-order valence-corrected chi connectivity index (χ1v) is 7.42. The fourth-order valence-electron chi connectivity index (χ4n) is 3.39. The van der Waals surface area contributed by atoms with Gasteiger partial charge in [-0.05, 0) is 38.4 Å². The summed E-state index contributed by atoms with van der Waals surface area (Å²) in [5.41, 5.74) is 2.34. The van der Waals surface area contributed by atoms with Crippen LogP contribution in [-0.4, -0.2) is 35.8 Å². The summed E-state index contributed by atoms with van der Waals surface area (Å²) in [5, 5.41) is 10.4. The molecule has 1 aromatic rings. The third kappa shape index (κ3) is 2.49. The van der Waals surface area contributed by atoms with Crippen LogP contribution < -0.4 is 4.74 Å². The van der Waals surface area contributed by atoms with Gasteiger partial charge >= 0.3 is 0 Å². The molecule has 1 aromatic carbocycles. The van der Waals surface area contributed by atoms with E-state index in [9.17, 15) is 5.11 Å². The van der Waals surface area contributed by atoms with Crippen molar-refractivity contribution in [2.75, 3.05) is 19.7 Å². The predicted molar refractivity (Wildman–Crippen MR) is 75.5 cm³/mol. The van der Waals surface area contributed by atoms with Crippen LogP contribution in [0.4, 0.5) is 0 Å². The van der Waals surface area contributed by atoms with Crippen molar-refractivity contribution in [2.45, 2.75) is 44.8 Å². The second-order valence-corrected chi connectivity index (χ2v) is 5.77. The highest BCUT2D eigenvalue weighted by molar-refractivity contribution is 5.44. The van der Waals surface area contributed by atoms with Crippen LogP contribution in [0.25, 0.3) is 0 Å². The molecule has 3 rings (SSSR count). The molecule has 2 atom stereocenters. The Bertz CT molecular complexity index is 438. The molecule has 1 fully saturated rings. The van der Waals surface area contributed by atoms with E-state index in [1.807, 2.05) is 0 Å². The molecule has 0 radical (unpaired) electrons. The van der Waals surface area contributed by atoms with Gasteiger partial charge in [0.2, 0.25) is 0 Å². The maximum absolute atomic E-state index is 10.4. The fraction of sp³-hybridized carbons (Fsp3) is 0.625. The summed E-state index contributed by atoms with van der Waals surface area (Å²) in [6, 6.07) is 6.37. The van der Waals surface area contributed by atoms with Crippen molar-refractivity contribution in [3.8, 4) is 5.75 Å². The van der Waals surface area contributed by atoms with E-state index in [0.717, 1.165) is 18.8 Å². The van der Waals surface area contributed by atoms with Crippen LogP contribution in [0.3, 0.4) is 0 Å². The minimum atomic E-state index is -0.410. The van der Waals surface area contributed by atoms with Crippen LogP contribution in [0.2, 0.25) is 0 Å². The molecule has 2 unspecified atom stereocenters. The van der Waals surface area contributed by atoms with Gasteiger partial charge in [-0.3, -0.25) is 4.90 Å². The van der Waals surface area contributed by atoms with Crippen LogP contribution in [0, 0.1) is 6.92 Å². The van der Waals surface area contributed by atoms with Crippen molar-refractivity contribution in [3.05, 3.63) is 29.3 Å². The Balaban J connectivity index is 1.93. The summed E-state index contributed by atoms with van der Waals surface area (Å²) in [4.78, 5) is 2.46. The number of rotatable bonds is 1. The molecule has 0 amide bonds. The number of aliphatic hydroxyl groups excluding tert-OH is 1. The first-order valence-electron chi connectivity index (χ1n) is 7.42. The zero-order valence-electron chi connectivity index (χ0n) is 11.6. The molecule has 3 nitrogen and oxygen atoms in total. The third-order valence-corrected chi connectivity index (χ3v) is 4.36.